The molecule has 2 rings (SSSR count). The van der Waals surface area contributed by atoms with Gasteiger partial charge in [0, 0.05) is 6.54 Å². The van der Waals surface area contributed by atoms with Gasteiger partial charge in [0.05, 0.1) is 12.6 Å². The van der Waals surface area contributed by atoms with E-state index in [1.165, 1.54) is 4.90 Å². The summed E-state index contributed by atoms with van der Waals surface area (Å²) in [7, 11) is 0. The highest BCUT2D eigenvalue weighted by atomic mass is 35.5. The zero-order chi connectivity index (χ0) is 18.2. The first-order chi connectivity index (χ1) is 12.0. The van der Waals surface area contributed by atoms with Gasteiger partial charge < -0.3 is 21.1 Å². The molecule has 0 aromatic heterocycles. The van der Waals surface area contributed by atoms with Crippen LogP contribution in [0, 0.1) is 0 Å². The molecule has 0 saturated heterocycles. The summed E-state index contributed by atoms with van der Waals surface area (Å²) >= 11 is 0. The molecule has 0 heterocycles. The lowest BCUT2D eigenvalue weighted by molar-refractivity contribution is -0.136. The topological polar surface area (TPSA) is 98.7 Å². The second-order valence-corrected chi connectivity index (χ2v) is 5.87. The van der Waals surface area contributed by atoms with E-state index in [9.17, 15) is 9.59 Å². The van der Waals surface area contributed by atoms with Crippen LogP contribution in [0.4, 0.5) is 0 Å². The van der Waals surface area contributed by atoms with Crippen molar-refractivity contribution in [2.45, 2.75) is 26.1 Å². The lowest BCUT2D eigenvalue weighted by Crippen LogP contribution is -2.45. The molecule has 0 fully saturated rings. The van der Waals surface area contributed by atoms with Crippen molar-refractivity contribution in [2.75, 3.05) is 6.54 Å². The second-order valence-electron chi connectivity index (χ2n) is 5.87. The van der Waals surface area contributed by atoms with E-state index in [0.29, 0.717) is 6.61 Å². The van der Waals surface area contributed by atoms with Gasteiger partial charge in [-0.3, -0.25) is 9.59 Å². The van der Waals surface area contributed by atoms with Crippen LogP contribution >= 0.6 is 12.4 Å². The van der Waals surface area contributed by atoms with Gasteiger partial charge in [-0.2, -0.15) is 0 Å². The molecule has 0 aliphatic heterocycles. The van der Waals surface area contributed by atoms with Crippen molar-refractivity contribution in [3.8, 4) is 5.75 Å². The molecular weight excluding hydrogens is 354 g/mol. The van der Waals surface area contributed by atoms with Gasteiger partial charge in [-0.15, -0.1) is 12.4 Å². The largest absolute Gasteiger partial charge is 0.489 e. The summed E-state index contributed by atoms with van der Waals surface area (Å²) in [6.07, 6.45) is 0. The third-order valence-corrected chi connectivity index (χ3v) is 3.59. The molecule has 0 saturated carbocycles. The monoisotopic (exact) mass is 377 g/mol. The van der Waals surface area contributed by atoms with Gasteiger partial charge in [-0.25, -0.2) is 0 Å². The van der Waals surface area contributed by atoms with Gasteiger partial charge >= 0.3 is 0 Å². The molecule has 1 atom stereocenters. The number of carbonyl (C=O) groups is 2. The quantitative estimate of drug-likeness (QED) is 0.733. The number of hydrogen-bond acceptors (Lipinski definition) is 4. The van der Waals surface area contributed by atoms with Crippen LogP contribution in [-0.4, -0.2) is 29.3 Å². The lowest BCUT2D eigenvalue weighted by Gasteiger charge is -2.23. The molecule has 0 radical (unpaired) electrons. The molecule has 0 aliphatic carbocycles. The van der Waals surface area contributed by atoms with E-state index in [0.717, 1.165) is 16.9 Å². The third-order valence-electron chi connectivity index (χ3n) is 3.59. The molecular formula is C19H24ClN3O3. The molecule has 2 aromatic rings. The summed E-state index contributed by atoms with van der Waals surface area (Å²) in [4.78, 5) is 24.6. The number of benzene rings is 2. The Balaban J connectivity index is 0.00000338. The first-order valence-corrected chi connectivity index (χ1v) is 8.04. The maximum Gasteiger partial charge on any atom is 0.239 e. The fraction of sp³-hybridized carbons (Fsp3) is 0.263. The van der Waals surface area contributed by atoms with E-state index >= 15 is 0 Å². The molecule has 0 bridgehead atoms. The SMILES string of the molecule is C[C@@H](N)C(=O)N(CC(N)=O)Cc1ccc(OCc2ccccc2)cc1.Cl. The highest BCUT2D eigenvalue weighted by molar-refractivity contribution is 5.86. The summed E-state index contributed by atoms with van der Waals surface area (Å²) in [5.74, 6) is -0.160. The highest BCUT2D eigenvalue weighted by Crippen LogP contribution is 2.15. The predicted molar refractivity (Wildman–Crippen MR) is 103 cm³/mol. The minimum Gasteiger partial charge on any atom is -0.489 e. The molecule has 0 unspecified atom stereocenters. The Morgan fingerprint density at radius 1 is 1.04 bits per heavy atom. The van der Waals surface area contributed by atoms with E-state index in [1.54, 1.807) is 6.92 Å². The number of carbonyl (C=O) groups excluding carboxylic acids is 2. The van der Waals surface area contributed by atoms with Crippen LogP contribution in [0.3, 0.4) is 0 Å². The molecule has 0 aliphatic rings. The Bertz CT molecular complexity index is 706. The molecule has 0 spiro atoms. The third kappa shape index (κ3) is 6.74. The van der Waals surface area contributed by atoms with Crippen LogP contribution < -0.4 is 16.2 Å². The zero-order valence-electron chi connectivity index (χ0n) is 14.6. The normalized spacial score (nSPS) is 11.2. The van der Waals surface area contributed by atoms with Gasteiger partial charge in [0.25, 0.3) is 0 Å². The van der Waals surface area contributed by atoms with Crippen LogP contribution in [0.2, 0.25) is 0 Å². The Morgan fingerprint density at radius 3 is 2.19 bits per heavy atom. The maximum atomic E-state index is 12.1. The summed E-state index contributed by atoms with van der Waals surface area (Å²) in [6, 6.07) is 16.5. The number of ether oxygens (including phenoxy) is 1. The molecule has 26 heavy (non-hydrogen) atoms. The van der Waals surface area contributed by atoms with Crippen LogP contribution in [0.15, 0.2) is 54.6 Å². The fourth-order valence-electron chi connectivity index (χ4n) is 2.34. The predicted octanol–water partition coefficient (Wildman–Crippen LogP) is 1.85. The van der Waals surface area contributed by atoms with Crippen LogP contribution in [0.1, 0.15) is 18.1 Å². The van der Waals surface area contributed by atoms with E-state index in [-0.39, 0.29) is 31.4 Å². The van der Waals surface area contributed by atoms with Crippen molar-refractivity contribution < 1.29 is 14.3 Å². The number of halogens is 1. The number of rotatable bonds is 8. The first kappa shape index (κ1) is 21.5. The van der Waals surface area contributed by atoms with Crippen molar-refractivity contribution in [3.05, 3.63) is 65.7 Å². The fourth-order valence-corrected chi connectivity index (χ4v) is 2.34. The van der Waals surface area contributed by atoms with Gasteiger partial charge in [0.2, 0.25) is 11.8 Å². The Hall–Kier alpha value is -2.57. The highest BCUT2D eigenvalue weighted by Gasteiger charge is 2.19. The van der Waals surface area contributed by atoms with Crippen molar-refractivity contribution in [3.63, 3.8) is 0 Å². The lowest BCUT2D eigenvalue weighted by atomic mass is 10.2. The molecule has 4 N–H and O–H groups in total. The zero-order valence-corrected chi connectivity index (χ0v) is 15.4. The average Bonchev–Trinajstić information content (AvgIpc) is 2.60. The van der Waals surface area contributed by atoms with Gasteiger partial charge in [-0.05, 0) is 30.2 Å². The summed E-state index contributed by atoms with van der Waals surface area (Å²) in [5.41, 5.74) is 12.8. The minimum atomic E-state index is -0.687. The average molecular weight is 378 g/mol. The smallest absolute Gasteiger partial charge is 0.239 e. The molecule has 2 amide bonds. The second kappa shape index (κ2) is 10.4. The Morgan fingerprint density at radius 2 is 1.65 bits per heavy atom. The molecule has 140 valence electrons. The molecule has 6 nitrogen and oxygen atoms in total. The molecule has 7 heteroatoms. The Kier molecular flexibility index (Phi) is 8.61. The van der Waals surface area contributed by atoms with Crippen LogP contribution in [0.25, 0.3) is 0 Å². The van der Waals surface area contributed by atoms with Crippen molar-refractivity contribution in [2.24, 2.45) is 11.5 Å². The number of nitrogens with zero attached hydrogens (tertiary/aromatic N) is 1. The summed E-state index contributed by atoms with van der Waals surface area (Å²) < 4.78 is 5.73. The van der Waals surface area contributed by atoms with Crippen molar-refractivity contribution in [1.82, 2.24) is 4.90 Å². The van der Waals surface area contributed by atoms with Gasteiger partial charge in [0.1, 0.15) is 12.4 Å². The van der Waals surface area contributed by atoms with E-state index in [1.807, 2.05) is 54.6 Å². The number of hydrogen-bond donors (Lipinski definition) is 2. The number of amides is 2. The van der Waals surface area contributed by atoms with E-state index in [2.05, 4.69) is 0 Å². The summed E-state index contributed by atoms with van der Waals surface area (Å²) in [6.45, 7) is 2.17. The van der Waals surface area contributed by atoms with E-state index in [4.69, 9.17) is 16.2 Å². The van der Waals surface area contributed by atoms with Crippen molar-refractivity contribution >= 4 is 24.2 Å². The maximum absolute atomic E-state index is 12.1. The van der Waals surface area contributed by atoms with Crippen LogP contribution in [0.5, 0.6) is 5.75 Å². The van der Waals surface area contributed by atoms with Crippen LogP contribution in [-0.2, 0) is 22.7 Å². The minimum absolute atomic E-state index is 0. The number of primary amides is 1. The van der Waals surface area contributed by atoms with E-state index < -0.39 is 11.9 Å². The summed E-state index contributed by atoms with van der Waals surface area (Å²) in [5, 5.41) is 0. The standard InChI is InChI=1S/C19H23N3O3.ClH/c1-14(20)19(24)22(12-18(21)23)11-15-7-9-17(10-8-15)25-13-16-5-3-2-4-6-16;/h2-10,14H,11-13,20H2,1H3,(H2,21,23);1H/t14-;/m1./s1. The van der Waals surface area contributed by atoms with Crippen molar-refractivity contribution in [1.29, 1.82) is 0 Å². The Labute approximate surface area is 159 Å². The van der Waals surface area contributed by atoms with Gasteiger partial charge in [-0.1, -0.05) is 42.5 Å². The van der Waals surface area contributed by atoms with Gasteiger partial charge in [0.15, 0.2) is 0 Å². The molecule has 2 aromatic carbocycles. The number of nitrogens with two attached hydrogens (primary N) is 2. The first-order valence-electron chi connectivity index (χ1n) is 8.04.